The van der Waals surface area contributed by atoms with Gasteiger partial charge in [0.2, 0.25) is 0 Å². The Morgan fingerprint density at radius 1 is 0.425 bits per heavy atom. The van der Waals surface area contributed by atoms with E-state index in [0.29, 0.717) is 22.3 Å². The Morgan fingerprint density at radius 3 is 0.850 bits per heavy atom. The van der Waals surface area contributed by atoms with Crippen LogP contribution in [0.4, 0.5) is 0 Å². The number of carbonyl (C=O) groups excluding carboxylic acids is 4. The minimum Gasteiger partial charge on any atom is -0.462 e. The maximum Gasteiger partial charge on any atom is 0.339 e. The molecule has 0 fully saturated rings. The molecule has 0 spiro atoms. The molecule has 4 aliphatic rings. The minimum absolute atomic E-state index is 0.0341. The molecular weight excluding hydrogens is 512 g/mol. The van der Waals surface area contributed by atoms with Gasteiger partial charge < -0.3 is 18.9 Å². The Bertz CT molecular complexity index is 1300. The molecular formula is C32H30O8. The molecule has 8 heteroatoms. The van der Waals surface area contributed by atoms with Crippen LogP contribution in [-0.4, -0.2) is 50.3 Å². The number of esters is 4. The van der Waals surface area contributed by atoms with Crippen LogP contribution in [0.3, 0.4) is 0 Å². The van der Waals surface area contributed by atoms with Crippen molar-refractivity contribution >= 4 is 23.9 Å². The van der Waals surface area contributed by atoms with E-state index in [4.69, 9.17) is 18.9 Å². The number of fused-ring (bicyclic) bond motifs is 2. The van der Waals surface area contributed by atoms with Gasteiger partial charge in [-0.1, -0.05) is 60.7 Å². The van der Waals surface area contributed by atoms with Gasteiger partial charge in [-0.25, -0.2) is 19.2 Å². The molecule has 0 radical (unpaired) electrons. The highest BCUT2D eigenvalue weighted by molar-refractivity contribution is 6.24. The average molecular weight is 543 g/mol. The van der Waals surface area contributed by atoms with E-state index in [1.807, 2.05) is 0 Å². The standard InChI is InChI=1S/C32H30O8/c1-5-37-29(33)23-19-15-11-9-12-16-20(19)24(30(34)38-6-2)27(23)28-25(31(35)39-7-3)21-17-13-10-14-18-22(21)26(28)32(36)40-8-4/h9-18H,5-8H2,1-4H3. The number of rotatable bonds is 9. The summed E-state index contributed by atoms with van der Waals surface area (Å²) in [4.78, 5) is 54.5. The largest absolute Gasteiger partial charge is 0.462 e. The molecule has 0 aromatic rings. The normalized spacial score (nSPS) is 10.8. The van der Waals surface area contributed by atoms with Gasteiger partial charge in [-0.2, -0.15) is 0 Å². The predicted octanol–water partition coefficient (Wildman–Crippen LogP) is 6.27. The van der Waals surface area contributed by atoms with Crippen molar-refractivity contribution in [2.75, 3.05) is 26.4 Å². The highest BCUT2D eigenvalue weighted by Crippen LogP contribution is 2.50. The Balaban J connectivity index is 2.32. The smallest absolute Gasteiger partial charge is 0.339 e. The van der Waals surface area contributed by atoms with Crippen molar-refractivity contribution in [1.29, 1.82) is 0 Å². The van der Waals surface area contributed by atoms with E-state index < -0.39 is 23.9 Å². The molecule has 0 saturated heterocycles. The van der Waals surface area contributed by atoms with Crippen LogP contribution in [0, 0.1) is 0 Å². The predicted molar refractivity (Wildman–Crippen MR) is 149 cm³/mol. The Morgan fingerprint density at radius 2 is 0.650 bits per heavy atom. The molecule has 0 heterocycles. The molecule has 0 amide bonds. The Hall–Kier alpha value is -4.72. The van der Waals surface area contributed by atoms with E-state index in [9.17, 15) is 19.2 Å². The van der Waals surface area contributed by atoms with Crippen molar-refractivity contribution < 1.29 is 38.1 Å². The fourth-order valence-corrected chi connectivity index (χ4v) is 4.92. The van der Waals surface area contributed by atoms with Crippen molar-refractivity contribution in [3.63, 3.8) is 0 Å². The first-order valence-electron chi connectivity index (χ1n) is 13.2. The zero-order chi connectivity index (χ0) is 28.8. The second kappa shape index (κ2) is 12.4. The summed E-state index contributed by atoms with van der Waals surface area (Å²) in [5, 5.41) is 0. The third-order valence-corrected chi connectivity index (χ3v) is 6.32. The van der Waals surface area contributed by atoms with E-state index in [-0.39, 0.29) is 59.8 Å². The fraction of sp³-hybridized carbons (Fsp3) is 0.250. The summed E-state index contributed by atoms with van der Waals surface area (Å²) in [6, 6.07) is 17.2. The molecule has 0 unspecified atom stereocenters. The van der Waals surface area contributed by atoms with E-state index in [1.54, 1.807) is 88.4 Å². The van der Waals surface area contributed by atoms with Crippen LogP contribution >= 0.6 is 0 Å². The average Bonchev–Trinajstić information content (AvgIpc) is 3.14. The van der Waals surface area contributed by atoms with Gasteiger partial charge in [-0.15, -0.1) is 0 Å². The monoisotopic (exact) mass is 542 g/mol. The zero-order valence-electron chi connectivity index (χ0n) is 22.9. The van der Waals surface area contributed by atoms with Crippen LogP contribution in [-0.2, 0) is 18.9 Å². The number of ether oxygens (including phenoxy) is 4. The molecule has 0 aromatic heterocycles. The van der Waals surface area contributed by atoms with Crippen molar-refractivity contribution in [2.24, 2.45) is 0 Å². The van der Waals surface area contributed by atoms with Crippen molar-refractivity contribution in [3.05, 3.63) is 82.9 Å². The Labute approximate surface area is 232 Å². The van der Waals surface area contributed by atoms with Gasteiger partial charge in [0.25, 0.3) is 0 Å². The third-order valence-electron chi connectivity index (χ3n) is 6.32. The maximum atomic E-state index is 13.6. The molecule has 4 rings (SSSR count). The summed E-state index contributed by atoms with van der Waals surface area (Å²) < 4.78 is 21.8. The van der Waals surface area contributed by atoms with Gasteiger partial charge in [0, 0.05) is 11.1 Å². The minimum atomic E-state index is -0.718. The molecule has 0 bridgehead atoms. The van der Waals surface area contributed by atoms with Gasteiger partial charge in [0.05, 0.1) is 48.7 Å². The first kappa shape index (κ1) is 28.3. The number of hydrogen-bond donors (Lipinski definition) is 0. The maximum absolute atomic E-state index is 13.6. The topological polar surface area (TPSA) is 105 Å². The molecule has 8 nitrogen and oxygen atoms in total. The molecule has 0 saturated carbocycles. The summed E-state index contributed by atoms with van der Waals surface area (Å²) in [6.07, 6.45) is 0. The summed E-state index contributed by atoms with van der Waals surface area (Å²) in [5.74, 6) is -2.87. The summed E-state index contributed by atoms with van der Waals surface area (Å²) in [6.45, 7) is 6.92. The summed E-state index contributed by atoms with van der Waals surface area (Å²) in [7, 11) is 0. The molecule has 0 N–H and O–H groups in total. The lowest BCUT2D eigenvalue weighted by Crippen LogP contribution is -2.13. The van der Waals surface area contributed by atoms with Gasteiger partial charge in [-0.3, -0.25) is 0 Å². The lowest BCUT2D eigenvalue weighted by Gasteiger charge is -2.12. The lowest BCUT2D eigenvalue weighted by atomic mass is 9.95. The van der Waals surface area contributed by atoms with E-state index >= 15 is 0 Å². The lowest BCUT2D eigenvalue weighted by molar-refractivity contribution is 0.0507. The first-order chi connectivity index (χ1) is 19.4. The van der Waals surface area contributed by atoms with Gasteiger partial charge >= 0.3 is 23.9 Å². The summed E-state index contributed by atoms with van der Waals surface area (Å²) in [5.41, 5.74) is 1.87. The van der Waals surface area contributed by atoms with Crippen LogP contribution in [0.5, 0.6) is 0 Å². The van der Waals surface area contributed by atoms with Crippen molar-refractivity contribution in [1.82, 2.24) is 0 Å². The van der Waals surface area contributed by atoms with Crippen LogP contribution in [0.2, 0.25) is 0 Å². The van der Waals surface area contributed by atoms with E-state index in [1.165, 1.54) is 0 Å². The highest BCUT2D eigenvalue weighted by Gasteiger charge is 2.40. The highest BCUT2D eigenvalue weighted by atomic mass is 16.5. The Kier molecular flexibility index (Phi) is 8.79. The van der Waals surface area contributed by atoms with Gasteiger partial charge in [0.1, 0.15) is 0 Å². The SMILES string of the molecule is CCOC(=O)c1c2cccccc-2c(C(=O)OCC)c1-c1c(C(=O)OCC)c2cccccc-2c1C(=O)OCC. The van der Waals surface area contributed by atoms with Gasteiger partial charge in [0.15, 0.2) is 0 Å². The first-order valence-corrected chi connectivity index (χ1v) is 13.2. The zero-order valence-corrected chi connectivity index (χ0v) is 22.9. The number of carbonyl (C=O) groups is 4. The second-order valence-electron chi connectivity index (χ2n) is 8.61. The van der Waals surface area contributed by atoms with E-state index in [0.717, 1.165) is 0 Å². The molecule has 4 aliphatic carbocycles. The quantitative estimate of drug-likeness (QED) is 0.180. The van der Waals surface area contributed by atoms with Crippen LogP contribution in [0.1, 0.15) is 69.1 Å². The van der Waals surface area contributed by atoms with Crippen molar-refractivity contribution in [2.45, 2.75) is 27.7 Å². The summed E-state index contributed by atoms with van der Waals surface area (Å²) >= 11 is 0. The van der Waals surface area contributed by atoms with Gasteiger partial charge in [-0.05, 0) is 49.9 Å². The van der Waals surface area contributed by atoms with Crippen LogP contribution < -0.4 is 0 Å². The van der Waals surface area contributed by atoms with Crippen LogP contribution in [0.25, 0.3) is 33.4 Å². The van der Waals surface area contributed by atoms with Crippen molar-refractivity contribution in [3.8, 4) is 33.4 Å². The molecule has 206 valence electrons. The van der Waals surface area contributed by atoms with Crippen LogP contribution in [0.15, 0.2) is 60.7 Å². The molecule has 0 atom stereocenters. The fourth-order valence-electron chi connectivity index (χ4n) is 4.92. The molecule has 0 aromatic carbocycles. The third kappa shape index (κ3) is 5.00. The number of hydrogen-bond acceptors (Lipinski definition) is 8. The second-order valence-corrected chi connectivity index (χ2v) is 8.61. The van der Waals surface area contributed by atoms with E-state index in [2.05, 4.69) is 0 Å². The molecule has 0 aliphatic heterocycles. The molecule has 40 heavy (non-hydrogen) atoms.